The van der Waals surface area contributed by atoms with Crippen LogP contribution >= 0.6 is 0 Å². The lowest BCUT2D eigenvalue weighted by Crippen LogP contribution is -2.27. The van der Waals surface area contributed by atoms with E-state index in [1.807, 2.05) is 25.1 Å². The summed E-state index contributed by atoms with van der Waals surface area (Å²) in [5.41, 5.74) is 2.26. The number of sulfonamides is 1. The van der Waals surface area contributed by atoms with Gasteiger partial charge in [-0.05, 0) is 39.0 Å². The van der Waals surface area contributed by atoms with Crippen LogP contribution in [0.3, 0.4) is 0 Å². The number of nitrogens with one attached hydrogen (secondary N) is 1. The van der Waals surface area contributed by atoms with Crippen LogP contribution in [0.1, 0.15) is 41.4 Å². The molecule has 0 aliphatic rings. The highest BCUT2D eigenvalue weighted by Gasteiger charge is 2.21. The Hall–Kier alpha value is -2.18. The smallest absolute Gasteiger partial charge is 0.241 e. The standard InChI is InChI=1S/C18H21NO4S/c1-12-5-10-18(23-4)17(11-12)13(2)19-24(21,22)16-8-6-15(7-9-16)14(3)20/h5-11,13,19H,1-4H3/t13-/m1/s1. The highest BCUT2D eigenvalue weighted by atomic mass is 32.2. The van der Waals surface area contributed by atoms with Gasteiger partial charge in [-0.3, -0.25) is 4.79 Å². The predicted octanol–water partition coefficient (Wildman–Crippen LogP) is 3.25. The molecule has 0 saturated carbocycles. The maximum absolute atomic E-state index is 12.5. The van der Waals surface area contributed by atoms with Crippen molar-refractivity contribution < 1.29 is 17.9 Å². The van der Waals surface area contributed by atoms with Crippen molar-refractivity contribution in [3.63, 3.8) is 0 Å². The molecule has 0 fully saturated rings. The Kier molecular flexibility index (Phi) is 5.41. The molecule has 2 rings (SSSR count). The van der Waals surface area contributed by atoms with Gasteiger partial charge in [-0.2, -0.15) is 0 Å². The zero-order chi connectivity index (χ0) is 17.9. The Morgan fingerprint density at radius 2 is 1.75 bits per heavy atom. The van der Waals surface area contributed by atoms with Gasteiger partial charge in [0, 0.05) is 17.2 Å². The molecule has 1 atom stereocenters. The lowest BCUT2D eigenvalue weighted by atomic mass is 10.1. The number of rotatable bonds is 6. The first-order chi connectivity index (χ1) is 11.2. The zero-order valence-electron chi connectivity index (χ0n) is 14.2. The Labute approximate surface area is 142 Å². The maximum atomic E-state index is 12.5. The molecule has 128 valence electrons. The molecule has 24 heavy (non-hydrogen) atoms. The van der Waals surface area contributed by atoms with Gasteiger partial charge in [0.1, 0.15) is 5.75 Å². The summed E-state index contributed by atoms with van der Waals surface area (Å²) in [5.74, 6) is 0.521. The highest BCUT2D eigenvalue weighted by Crippen LogP contribution is 2.27. The molecule has 0 spiro atoms. The van der Waals surface area contributed by atoms with E-state index < -0.39 is 16.1 Å². The third-order valence-electron chi connectivity index (χ3n) is 3.75. The topological polar surface area (TPSA) is 72.5 Å². The van der Waals surface area contributed by atoms with Crippen molar-refractivity contribution in [2.24, 2.45) is 0 Å². The van der Waals surface area contributed by atoms with Gasteiger partial charge in [0.05, 0.1) is 12.0 Å². The molecule has 0 saturated heterocycles. The van der Waals surface area contributed by atoms with Crippen LogP contribution in [0.4, 0.5) is 0 Å². The first-order valence-corrected chi connectivity index (χ1v) is 9.01. The van der Waals surface area contributed by atoms with Crippen molar-refractivity contribution in [2.75, 3.05) is 7.11 Å². The summed E-state index contributed by atoms with van der Waals surface area (Å²) in [5, 5.41) is 0. The molecule has 0 bridgehead atoms. The fourth-order valence-corrected chi connectivity index (χ4v) is 3.65. The molecule has 2 aromatic rings. The number of hydrogen-bond donors (Lipinski definition) is 1. The summed E-state index contributed by atoms with van der Waals surface area (Å²) in [6, 6.07) is 11.0. The van der Waals surface area contributed by atoms with Crippen molar-refractivity contribution in [1.82, 2.24) is 4.72 Å². The van der Waals surface area contributed by atoms with E-state index in [0.717, 1.165) is 11.1 Å². The summed E-state index contributed by atoms with van der Waals surface area (Å²) in [7, 11) is -2.15. The Morgan fingerprint density at radius 3 is 2.29 bits per heavy atom. The molecular formula is C18H21NO4S. The highest BCUT2D eigenvalue weighted by molar-refractivity contribution is 7.89. The van der Waals surface area contributed by atoms with Gasteiger partial charge in [-0.1, -0.05) is 29.8 Å². The number of ether oxygens (including phenoxy) is 1. The quantitative estimate of drug-likeness (QED) is 0.814. The van der Waals surface area contributed by atoms with Crippen molar-refractivity contribution in [1.29, 1.82) is 0 Å². The first-order valence-electron chi connectivity index (χ1n) is 7.52. The number of carbonyl (C=O) groups is 1. The van der Waals surface area contributed by atoms with E-state index >= 15 is 0 Å². The molecule has 0 aliphatic heterocycles. The van der Waals surface area contributed by atoms with Gasteiger partial charge in [0.15, 0.2) is 5.78 Å². The van der Waals surface area contributed by atoms with Gasteiger partial charge in [-0.15, -0.1) is 0 Å². The summed E-state index contributed by atoms with van der Waals surface area (Å²) in [4.78, 5) is 11.4. The Bertz CT molecular complexity index is 842. The van der Waals surface area contributed by atoms with Crippen LogP contribution in [-0.2, 0) is 10.0 Å². The molecule has 1 N–H and O–H groups in total. The molecule has 0 radical (unpaired) electrons. The van der Waals surface area contributed by atoms with Crippen LogP contribution in [-0.4, -0.2) is 21.3 Å². The van der Waals surface area contributed by atoms with E-state index in [0.29, 0.717) is 11.3 Å². The van der Waals surface area contributed by atoms with Crippen LogP contribution in [0.15, 0.2) is 47.4 Å². The molecule has 0 heterocycles. The third kappa shape index (κ3) is 4.01. The minimum atomic E-state index is -3.70. The minimum Gasteiger partial charge on any atom is -0.496 e. The van der Waals surface area contributed by atoms with E-state index in [-0.39, 0.29) is 10.7 Å². The van der Waals surface area contributed by atoms with Crippen LogP contribution < -0.4 is 9.46 Å². The van der Waals surface area contributed by atoms with Crippen LogP contribution in [0.25, 0.3) is 0 Å². The van der Waals surface area contributed by atoms with Crippen molar-refractivity contribution in [3.8, 4) is 5.75 Å². The lowest BCUT2D eigenvalue weighted by molar-refractivity contribution is 0.101. The predicted molar refractivity (Wildman–Crippen MR) is 92.9 cm³/mol. The molecule has 0 aliphatic carbocycles. The normalized spacial score (nSPS) is 12.7. The van der Waals surface area contributed by atoms with Gasteiger partial charge in [-0.25, -0.2) is 13.1 Å². The Balaban J connectivity index is 2.28. The second kappa shape index (κ2) is 7.15. The van der Waals surface area contributed by atoms with E-state index in [4.69, 9.17) is 4.74 Å². The molecule has 6 heteroatoms. The molecule has 0 amide bonds. The van der Waals surface area contributed by atoms with E-state index in [1.165, 1.54) is 31.2 Å². The average molecular weight is 347 g/mol. The summed E-state index contributed by atoms with van der Waals surface area (Å²) >= 11 is 0. The number of Topliss-reactive ketones (excluding diaryl/α,β-unsaturated/α-hetero) is 1. The van der Waals surface area contributed by atoms with Crippen LogP contribution in [0.5, 0.6) is 5.75 Å². The zero-order valence-corrected chi connectivity index (χ0v) is 15.0. The molecule has 2 aromatic carbocycles. The lowest BCUT2D eigenvalue weighted by Gasteiger charge is -2.18. The van der Waals surface area contributed by atoms with Crippen molar-refractivity contribution >= 4 is 15.8 Å². The van der Waals surface area contributed by atoms with Crippen molar-refractivity contribution in [2.45, 2.75) is 31.7 Å². The second-order valence-corrected chi connectivity index (χ2v) is 7.38. The van der Waals surface area contributed by atoms with Gasteiger partial charge in [0.2, 0.25) is 10.0 Å². The number of carbonyl (C=O) groups excluding carboxylic acids is 1. The monoisotopic (exact) mass is 347 g/mol. The van der Waals surface area contributed by atoms with E-state index in [1.54, 1.807) is 14.0 Å². The fraction of sp³-hybridized carbons (Fsp3) is 0.278. The van der Waals surface area contributed by atoms with Crippen LogP contribution in [0, 0.1) is 6.92 Å². The number of aryl methyl sites for hydroxylation is 1. The number of hydrogen-bond acceptors (Lipinski definition) is 4. The first kappa shape index (κ1) is 18.2. The van der Waals surface area contributed by atoms with Crippen LogP contribution in [0.2, 0.25) is 0 Å². The summed E-state index contributed by atoms with van der Waals surface area (Å²) in [6.07, 6.45) is 0. The molecule has 5 nitrogen and oxygen atoms in total. The van der Waals surface area contributed by atoms with E-state index in [2.05, 4.69) is 4.72 Å². The number of ketones is 1. The molecular weight excluding hydrogens is 326 g/mol. The van der Waals surface area contributed by atoms with Gasteiger partial charge in [0.25, 0.3) is 0 Å². The second-order valence-electron chi connectivity index (χ2n) is 5.67. The van der Waals surface area contributed by atoms with Crippen molar-refractivity contribution in [3.05, 3.63) is 59.2 Å². The minimum absolute atomic E-state index is 0.107. The fourth-order valence-electron chi connectivity index (χ4n) is 2.43. The Morgan fingerprint density at radius 1 is 1.12 bits per heavy atom. The largest absolute Gasteiger partial charge is 0.496 e. The summed E-state index contributed by atoms with van der Waals surface area (Å²) in [6.45, 7) is 5.14. The molecule has 0 aromatic heterocycles. The average Bonchev–Trinajstić information content (AvgIpc) is 2.54. The van der Waals surface area contributed by atoms with Gasteiger partial charge < -0.3 is 4.74 Å². The van der Waals surface area contributed by atoms with E-state index in [9.17, 15) is 13.2 Å². The third-order valence-corrected chi connectivity index (χ3v) is 5.31. The summed E-state index contributed by atoms with van der Waals surface area (Å²) < 4.78 is 33.0. The SMILES string of the molecule is COc1ccc(C)cc1[C@@H](C)NS(=O)(=O)c1ccc(C(C)=O)cc1. The maximum Gasteiger partial charge on any atom is 0.241 e. The number of benzene rings is 2. The van der Waals surface area contributed by atoms with Gasteiger partial charge >= 0.3 is 0 Å². The molecule has 0 unspecified atom stereocenters. The number of methoxy groups -OCH3 is 1.